The third-order valence-corrected chi connectivity index (χ3v) is 6.34. The molecule has 3 atom stereocenters. The summed E-state index contributed by atoms with van der Waals surface area (Å²) in [5.41, 5.74) is 2.11. The van der Waals surface area contributed by atoms with E-state index in [0.717, 1.165) is 24.2 Å². The second kappa shape index (κ2) is 7.98. The molecule has 3 aliphatic heterocycles. The molecule has 0 unspecified atom stereocenters. The van der Waals surface area contributed by atoms with Gasteiger partial charge in [-0.2, -0.15) is 0 Å². The number of amides is 1. The molecule has 3 aliphatic rings. The van der Waals surface area contributed by atoms with Gasteiger partial charge in [-0.15, -0.1) is 0 Å². The zero-order valence-corrected chi connectivity index (χ0v) is 17.8. The van der Waals surface area contributed by atoms with Crippen LogP contribution in [0, 0.1) is 0 Å². The first-order valence-electron chi connectivity index (χ1n) is 10.9. The van der Waals surface area contributed by atoms with Crippen LogP contribution in [0.1, 0.15) is 42.5 Å². The molecule has 0 aromatic heterocycles. The molecule has 0 saturated carbocycles. The van der Waals surface area contributed by atoms with Crippen LogP contribution in [-0.2, 0) is 20.7 Å². The van der Waals surface area contributed by atoms with Gasteiger partial charge in [0.05, 0.1) is 17.7 Å². The molecule has 5 rings (SSSR count). The molecule has 0 aliphatic carbocycles. The molecule has 2 N–H and O–H groups in total. The molecule has 32 heavy (non-hydrogen) atoms. The first-order chi connectivity index (χ1) is 15.4. The molecule has 3 heterocycles. The lowest BCUT2D eigenvalue weighted by atomic mass is 9.94. The summed E-state index contributed by atoms with van der Waals surface area (Å²) < 4.78 is 11.4. The van der Waals surface area contributed by atoms with Gasteiger partial charge in [0.1, 0.15) is 23.4 Å². The van der Waals surface area contributed by atoms with Gasteiger partial charge in [0, 0.05) is 25.1 Å². The molecular weight excluding hydrogens is 410 g/mol. The van der Waals surface area contributed by atoms with Crippen molar-refractivity contribution in [2.45, 2.75) is 44.4 Å². The summed E-state index contributed by atoms with van der Waals surface area (Å²) in [4.78, 5) is 27.6. The smallest absolute Gasteiger partial charge is 0.295 e. The molecule has 0 bridgehead atoms. The van der Waals surface area contributed by atoms with Crippen LogP contribution in [0.3, 0.4) is 0 Å². The number of phenols is 1. The minimum atomic E-state index is -0.761. The number of ketones is 1. The standard InChI is InChI=1S/C25H25NO6/c1-14-11-17-12-16(6-9-20(17)32-14)23(28)21-22(15-4-7-18(27)8-5-15)26(25(30)24(21)29)13-19-3-2-10-31-19/h4-9,12,14,19,22,27-28H,2-3,10-11,13H2,1H3/t14-,19+,22+/m1/s1. The van der Waals surface area contributed by atoms with E-state index in [0.29, 0.717) is 24.2 Å². The number of likely N-dealkylation sites (tertiary alicyclic amines) is 1. The fourth-order valence-electron chi connectivity index (χ4n) is 4.80. The van der Waals surface area contributed by atoms with Crippen molar-refractivity contribution in [3.05, 3.63) is 64.7 Å². The van der Waals surface area contributed by atoms with Crippen molar-refractivity contribution in [1.29, 1.82) is 0 Å². The van der Waals surface area contributed by atoms with Crippen molar-refractivity contribution in [1.82, 2.24) is 4.90 Å². The Morgan fingerprint density at radius 2 is 1.94 bits per heavy atom. The fraction of sp³-hybridized carbons (Fsp3) is 0.360. The van der Waals surface area contributed by atoms with Gasteiger partial charge in [0.2, 0.25) is 0 Å². The zero-order chi connectivity index (χ0) is 22.4. The lowest BCUT2D eigenvalue weighted by Crippen LogP contribution is -2.36. The van der Waals surface area contributed by atoms with E-state index in [-0.39, 0.29) is 35.8 Å². The Kier molecular flexibility index (Phi) is 5.13. The van der Waals surface area contributed by atoms with Crippen molar-refractivity contribution in [2.75, 3.05) is 13.2 Å². The molecular formula is C25H25NO6. The number of ether oxygens (including phenoxy) is 2. The predicted octanol–water partition coefficient (Wildman–Crippen LogP) is 3.32. The number of carbonyl (C=O) groups excluding carboxylic acids is 2. The van der Waals surface area contributed by atoms with Crippen LogP contribution < -0.4 is 4.74 Å². The van der Waals surface area contributed by atoms with Gasteiger partial charge < -0.3 is 24.6 Å². The minimum absolute atomic E-state index is 0.0469. The second-order valence-electron chi connectivity index (χ2n) is 8.63. The Bertz CT molecular complexity index is 1100. The third kappa shape index (κ3) is 3.52. The van der Waals surface area contributed by atoms with Crippen LogP contribution in [0.15, 0.2) is 48.0 Å². The second-order valence-corrected chi connectivity index (χ2v) is 8.63. The Balaban J connectivity index is 1.59. The summed E-state index contributed by atoms with van der Waals surface area (Å²) >= 11 is 0. The van der Waals surface area contributed by atoms with Gasteiger partial charge in [-0.05, 0) is 61.2 Å². The maximum atomic E-state index is 13.1. The van der Waals surface area contributed by atoms with Crippen LogP contribution in [0.2, 0.25) is 0 Å². The number of nitrogens with zero attached hydrogens (tertiary/aromatic N) is 1. The number of carbonyl (C=O) groups is 2. The van der Waals surface area contributed by atoms with E-state index < -0.39 is 17.7 Å². The average Bonchev–Trinajstić information content (AvgIpc) is 3.48. The molecule has 7 nitrogen and oxygen atoms in total. The quantitative estimate of drug-likeness (QED) is 0.435. The number of hydrogen-bond donors (Lipinski definition) is 2. The van der Waals surface area contributed by atoms with Crippen molar-refractivity contribution >= 4 is 17.4 Å². The highest BCUT2D eigenvalue weighted by molar-refractivity contribution is 6.46. The number of phenolic OH excluding ortho intramolecular Hbond substituents is 1. The Morgan fingerprint density at radius 1 is 1.16 bits per heavy atom. The number of aliphatic hydroxyl groups is 1. The highest BCUT2D eigenvalue weighted by Crippen LogP contribution is 2.41. The van der Waals surface area contributed by atoms with E-state index in [2.05, 4.69) is 0 Å². The lowest BCUT2D eigenvalue weighted by Gasteiger charge is -2.27. The van der Waals surface area contributed by atoms with E-state index in [1.165, 1.54) is 17.0 Å². The summed E-state index contributed by atoms with van der Waals surface area (Å²) in [5, 5.41) is 21.0. The number of fused-ring (bicyclic) bond motifs is 1. The molecule has 2 saturated heterocycles. The van der Waals surface area contributed by atoms with E-state index in [1.807, 2.05) is 13.0 Å². The molecule has 2 aromatic carbocycles. The van der Waals surface area contributed by atoms with Crippen LogP contribution in [0.4, 0.5) is 0 Å². The molecule has 166 valence electrons. The van der Waals surface area contributed by atoms with Crippen LogP contribution >= 0.6 is 0 Å². The SMILES string of the molecule is C[C@@H]1Cc2cc(C(O)=C3C(=O)C(=O)N(C[C@@H]4CCCO4)[C@H]3c3ccc(O)cc3)ccc2O1. The van der Waals surface area contributed by atoms with E-state index in [4.69, 9.17) is 9.47 Å². The summed E-state index contributed by atoms with van der Waals surface area (Å²) in [6.07, 6.45) is 2.34. The van der Waals surface area contributed by atoms with E-state index in [1.54, 1.807) is 24.3 Å². The first-order valence-corrected chi connectivity index (χ1v) is 10.9. The van der Waals surface area contributed by atoms with Gasteiger partial charge in [-0.1, -0.05) is 12.1 Å². The van der Waals surface area contributed by atoms with Crippen molar-refractivity contribution < 1.29 is 29.3 Å². The van der Waals surface area contributed by atoms with E-state index in [9.17, 15) is 19.8 Å². The largest absolute Gasteiger partial charge is 0.508 e. The van der Waals surface area contributed by atoms with Crippen molar-refractivity contribution in [3.63, 3.8) is 0 Å². The van der Waals surface area contributed by atoms with Crippen molar-refractivity contribution in [2.24, 2.45) is 0 Å². The van der Waals surface area contributed by atoms with E-state index >= 15 is 0 Å². The maximum Gasteiger partial charge on any atom is 0.295 e. The van der Waals surface area contributed by atoms with Gasteiger partial charge in [0.25, 0.3) is 11.7 Å². The highest BCUT2D eigenvalue weighted by Gasteiger charge is 2.47. The van der Waals surface area contributed by atoms with Gasteiger partial charge in [-0.25, -0.2) is 0 Å². The van der Waals surface area contributed by atoms with Crippen LogP contribution in [0.5, 0.6) is 11.5 Å². The molecule has 1 amide bonds. The Hall–Kier alpha value is -3.32. The molecule has 2 aromatic rings. The minimum Gasteiger partial charge on any atom is -0.508 e. The average molecular weight is 435 g/mol. The Labute approximate surface area is 185 Å². The zero-order valence-electron chi connectivity index (χ0n) is 17.8. The molecule has 7 heteroatoms. The fourth-order valence-corrected chi connectivity index (χ4v) is 4.80. The number of aliphatic hydroxyl groups excluding tert-OH is 1. The number of rotatable bonds is 4. The molecule has 0 radical (unpaired) electrons. The molecule has 0 spiro atoms. The molecule has 2 fully saturated rings. The summed E-state index contributed by atoms with van der Waals surface area (Å²) in [6, 6.07) is 10.9. The predicted molar refractivity (Wildman–Crippen MR) is 116 cm³/mol. The highest BCUT2D eigenvalue weighted by atomic mass is 16.5. The van der Waals surface area contributed by atoms with Crippen molar-refractivity contribution in [3.8, 4) is 11.5 Å². The number of Topliss-reactive ketones (excluding diaryl/α,β-unsaturated/α-hetero) is 1. The maximum absolute atomic E-state index is 13.1. The monoisotopic (exact) mass is 435 g/mol. The Morgan fingerprint density at radius 3 is 2.66 bits per heavy atom. The topological polar surface area (TPSA) is 96.3 Å². The number of hydrogen-bond acceptors (Lipinski definition) is 6. The van der Waals surface area contributed by atoms with Crippen LogP contribution in [0.25, 0.3) is 5.76 Å². The normalized spacial score (nSPS) is 26.4. The van der Waals surface area contributed by atoms with Gasteiger partial charge in [-0.3, -0.25) is 9.59 Å². The third-order valence-electron chi connectivity index (χ3n) is 6.34. The summed E-state index contributed by atoms with van der Waals surface area (Å²) in [5.74, 6) is -0.735. The van der Waals surface area contributed by atoms with Gasteiger partial charge >= 0.3 is 0 Å². The first kappa shape index (κ1) is 20.6. The summed E-state index contributed by atoms with van der Waals surface area (Å²) in [6.45, 7) is 2.87. The van der Waals surface area contributed by atoms with Crippen LogP contribution in [-0.4, -0.2) is 52.2 Å². The summed E-state index contributed by atoms with van der Waals surface area (Å²) in [7, 11) is 0. The number of benzene rings is 2. The number of aromatic hydroxyl groups is 1. The van der Waals surface area contributed by atoms with Gasteiger partial charge in [0.15, 0.2) is 0 Å². The lowest BCUT2D eigenvalue weighted by molar-refractivity contribution is -0.140.